The Labute approximate surface area is 160 Å². The summed E-state index contributed by atoms with van der Waals surface area (Å²) < 4.78 is 12.5. The van der Waals surface area contributed by atoms with Crippen LogP contribution in [0.25, 0.3) is 16.3 Å². The molecule has 7 heteroatoms. The number of anilines is 1. The third kappa shape index (κ3) is 4.17. The highest BCUT2D eigenvalue weighted by molar-refractivity contribution is 8.00. The molecule has 26 heavy (non-hydrogen) atoms. The van der Waals surface area contributed by atoms with E-state index in [-0.39, 0.29) is 5.91 Å². The average Bonchev–Trinajstić information content (AvgIpc) is 3.08. The third-order valence-corrected chi connectivity index (χ3v) is 5.65. The SMILES string of the molecule is COc1ccc(C=CC(=O)Nc2ccc3nc(SC)sc3c2)cc1OC. The van der Waals surface area contributed by atoms with Gasteiger partial charge < -0.3 is 14.8 Å². The van der Waals surface area contributed by atoms with Gasteiger partial charge in [0.1, 0.15) is 0 Å². The first kappa shape index (κ1) is 18.3. The van der Waals surface area contributed by atoms with Gasteiger partial charge in [-0.15, -0.1) is 11.3 Å². The molecule has 0 saturated heterocycles. The van der Waals surface area contributed by atoms with E-state index in [9.17, 15) is 4.79 Å². The lowest BCUT2D eigenvalue weighted by atomic mass is 10.2. The molecule has 5 nitrogen and oxygen atoms in total. The third-order valence-electron chi connectivity index (χ3n) is 3.65. The van der Waals surface area contributed by atoms with Crippen molar-refractivity contribution in [3.63, 3.8) is 0 Å². The van der Waals surface area contributed by atoms with Crippen molar-refractivity contribution in [3.8, 4) is 11.5 Å². The lowest BCUT2D eigenvalue weighted by Crippen LogP contribution is -2.07. The summed E-state index contributed by atoms with van der Waals surface area (Å²) in [6.45, 7) is 0. The lowest BCUT2D eigenvalue weighted by molar-refractivity contribution is -0.111. The Morgan fingerprint density at radius 2 is 1.96 bits per heavy atom. The molecule has 134 valence electrons. The maximum Gasteiger partial charge on any atom is 0.248 e. The zero-order valence-corrected chi connectivity index (χ0v) is 16.2. The van der Waals surface area contributed by atoms with Gasteiger partial charge in [-0.2, -0.15) is 0 Å². The number of fused-ring (bicyclic) bond motifs is 1. The second-order valence-corrected chi connectivity index (χ2v) is 7.39. The van der Waals surface area contributed by atoms with Crippen molar-refractivity contribution in [3.05, 3.63) is 48.0 Å². The lowest BCUT2D eigenvalue weighted by Gasteiger charge is -2.07. The number of ether oxygens (including phenoxy) is 2. The van der Waals surface area contributed by atoms with Crippen LogP contribution in [-0.4, -0.2) is 31.4 Å². The van der Waals surface area contributed by atoms with Gasteiger partial charge in [0.2, 0.25) is 5.91 Å². The molecule has 0 unspecified atom stereocenters. The predicted octanol–water partition coefficient (Wildman–Crippen LogP) is 4.69. The molecule has 1 N–H and O–H groups in total. The molecule has 1 amide bonds. The largest absolute Gasteiger partial charge is 0.493 e. The minimum atomic E-state index is -0.200. The summed E-state index contributed by atoms with van der Waals surface area (Å²) in [4.78, 5) is 16.7. The molecule has 0 atom stereocenters. The van der Waals surface area contributed by atoms with Gasteiger partial charge in [-0.1, -0.05) is 17.8 Å². The van der Waals surface area contributed by atoms with Crippen molar-refractivity contribution < 1.29 is 14.3 Å². The minimum Gasteiger partial charge on any atom is -0.493 e. The van der Waals surface area contributed by atoms with E-state index in [0.717, 1.165) is 25.8 Å². The first-order valence-corrected chi connectivity index (χ1v) is 9.82. The molecule has 0 fully saturated rings. The summed E-state index contributed by atoms with van der Waals surface area (Å²) in [5.41, 5.74) is 2.54. The number of thiazole rings is 1. The molecular formula is C19H18N2O3S2. The maximum absolute atomic E-state index is 12.2. The van der Waals surface area contributed by atoms with Crippen LogP contribution < -0.4 is 14.8 Å². The van der Waals surface area contributed by atoms with Crippen molar-refractivity contribution in [1.29, 1.82) is 0 Å². The van der Waals surface area contributed by atoms with Crippen LogP contribution in [0.4, 0.5) is 5.69 Å². The summed E-state index contributed by atoms with van der Waals surface area (Å²) in [7, 11) is 3.17. The van der Waals surface area contributed by atoms with Gasteiger partial charge in [-0.3, -0.25) is 4.79 Å². The zero-order chi connectivity index (χ0) is 18.5. The van der Waals surface area contributed by atoms with Gasteiger partial charge in [0.25, 0.3) is 0 Å². The van der Waals surface area contributed by atoms with Gasteiger partial charge in [0.15, 0.2) is 15.8 Å². The number of carbonyl (C=O) groups excluding carboxylic acids is 1. The number of hydrogen-bond acceptors (Lipinski definition) is 6. The van der Waals surface area contributed by atoms with E-state index < -0.39 is 0 Å². The fourth-order valence-corrected chi connectivity index (χ4v) is 3.91. The van der Waals surface area contributed by atoms with Crippen molar-refractivity contribution in [1.82, 2.24) is 4.98 Å². The summed E-state index contributed by atoms with van der Waals surface area (Å²) in [5, 5.41) is 2.87. The molecule has 2 aromatic carbocycles. The smallest absolute Gasteiger partial charge is 0.248 e. The first-order valence-electron chi connectivity index (χ1n) is 7.78. The maximum atomic E-state index is 12.2. The van der Waals surface area contributed by atoms with Gasteiger partial charge >= 0.3 is 0 Å². The van der Waals surface area contributed by atoms with E-state index in [0.29, 0.717) is 11.5 Å². The fourth-order valence-electron chi connectivity index (χ4n) is 2.38. The average molecular weight is 386 g/mol. The van der Waals surface area contributed by atoms with Crippen LogP contribution in [0.3, 0.4) is 0 Å². The van der Waals surface area contributed by atoms with E-state index in [1.165, 1.54) is 6.08 Å². The Bertz CT molecular complexity index is 967. The predicted molar refractivity (Wildman–Crippen MR) is 109 cm³/mol. The second kappa shape index (κ2) is 8.25. The van der Waals surface area contributed by atoms with E-state index in [1.54, 1.807) is 49.5 Å². The molecule has 0 radical (unpaired) electrons. The standard InChI is InChI=1S/C19H18N2O3S2/c1-23-15-8-4-12(10-16(15)24-2)5-9-18(22)20-13-6-7-14-17(11-13)26-19(21-14)25-3/h4-11H,1-3H3,(H,20,22). The van der Waals surface area contributed by atoms with Crippen LogP contribution in [0.2, 0.25) is 0 Å². The van der Waals surface area contributed by atoms with Gasteiger partial charge in [-0.05, 0) is 48.2 Å². The quantitative estimate of drug-likeness (QED) is 0.492. The van der Waals surface area contributed by atoms with Crippen LogP contribution >= 0.6 is 23.1 Å². The molecule has 3 aromatic rings. The van der Waals surface area contributed by atoms with Crippen LogP contribution in [0.5, 0.6) is 11.5 Å². The van der Waals surface area contributed by atoms with E-state index in [2.05, 4.69) is 10.3 Å². The first-order chi connectivity index (χ1) is 12.6. The molecule has 0 spiro atoms. The molecule has 0 bridgehead atoms. The Morgan fingerprint density at radius 1 is 1.15 bits per heavy atom. The van der Waals surface area contributed by atoms with Crippen molar-refractivity contribution in [2.24, 2.45) is 0 Å². The Balaban J connectivity index is 1.71. The topological polar surface area (TPSA) is 60.5 Å². The number of methoxy groups -OCH3 is 2. The van der Waals surface area contributed by atoms with E-state index in [1.807, 2.05) is 36.6 Å². The van der Waals surface area contributed by atoms with Gasteiger partial charge in [-0.25, -0.2) is 4.98 Å². The van der Waals surface area contributed by atoms with Crippen LogP contribution in [0.1, 0.15) is 5.56 Å². The van der Waals surface area contributed by atoms with Gasteiger partial charge in [0, 0.05) is 11.8 Å². The summed E-state index contributed by atoms with van der Waals surface area (Å²) in [5.74, 6) is 1.07. The number of benzene rings is 2. The van der Waals surface area contributed by atoms with E-state index in [4.69, 9.17) is 9.47 Å². The van der Waals surface area contributed by atoms with Crippen LogP contribution in [0, 0.1) is 0 Å². The molecule has 0 aliphatic heterocycles. The fraction of sp³-hybridized carbons (Fsp3) is 0.158. The molecule has 1 heterocycles. The summed E-state index contributed by atoms with van der Waals surface area (Å²) in [6.07, 6.45) is 5.22. The number of amides is 1. The molecule has 0 aliphatic rings. The second-order valence-electron chi connectivity index (χ2n) is 5.30. The summed E-state index contributed by atoms with van der Waals surface area (Å²) in [6, 6.07) is 11.2. The van der Waals surface area contributed by atoms with Crippen LogP contribution in [-0.2, 0) is 4.79 Å². The number of aromatic nitrogens is 1. The zero-order valence-electron chi connectivity index (χ0n) is 14.6. The number of rotatable bonds is 6. The number of thioether (sulfide) groups is 1. The molecule has 0 aliphatic carbocycles. The highest BCUT2D eigenvalue weighted by Gasteiger charge is 2.06. The highest BCUT2D eigenvalue weighted by atomic mass is 32.2. The number of nitrogens with zero attached hydrogens (tertiary/aromatic N) is 1. The van der Waals surface area contributed by atoms with Gasteiger partial charge in [0.05, 0.1) is 24.4 Å². The molecule has 0 saturated carbocycles. The normalized spacial score (nSPS) is 11.0. The summed E-state index contributed by atoms with van der Waals surface area (Å²) >= 11 is 3.23. The minimum absolute atomic E-state index is 0.200. The van der Waals surface area contributed by atoms with Crippen LogP contribution in [0.15, 0.2) is 46.8 Å². The molecule has 1 aromatic heterocycles. The number of hydrogen-bond donors (Lipinski definition) is 1. The highest BCUT2D eigenvalue weighted by Crippen LogP contribution is 2.30. The Morgan fingerprint density at radius 3 is 2.69 bits per heavy atom. The Kier molecular flexibility index (Phi) is 5.80. The Hall–Kier alpha value is -2.51. The van der Waals surface area contributed by atoms with E-state index >= 15 is 0 Å². The number of carbonyl (C=O) groups is 1. The molecular weight excluding hydrogens is 368 g/mol. The number of nitrogens with one attached hydrogen (secondary N) is 1. The molecule has 3 rings (SSSR count). The van der Waals surface area contributed by atoms with Crippen molar-refractivity contribution in [2.45, 2.75) is 4.34 Å². The monoisotopic (exact) mass is 386 g/mol. The van der Waals surface area contributed by atoms with Crippen molar-refractivity contribution in [2.75, 3.05) is 25.8 Å². The van der Waals surface area contributed by atoms with Crippen molar-refractivity contribution >= 4 is 51.0 Å².